The second-order valence-electron chi connectivity index (χ2n) is 4.65. The van der Waals surface area contributed by atoms with Gasteiger partial charge in [0, 0.05) is 20.6 Å². The lowest BCUT2D eigenvalue weighted by Gasteiger charge is -2.15. The Labute approximate surface area is 132 Å². The average molecular weight is 322 g/mol. The minimum atomic E-state index is -3.49. The molecule has 0 aliphatic carbocycles. The normalized spacial score (nSPS) is 12.0. The van der Waals surface area contributed by atoms with Crippen molar-refractivity contribution in [1.29, 1.82) is 0 Å². The standard InChI is InChI=1S/C15H22N4O2S/c1-5-11-17-15(16-6-2)18-12-13-9-7-8-10-14(13)22(20,21)19(3)4/h1,7-10H,6,11-12H2,2-4H3,(H2,16,17,18). The first kappa shape index (κ1) is 18.0. The summed E-state index contributed by atoms with van der Waals surface area (Å²) < 4.78 is 25.8. The first-order valence-corrected chi connectivity index (χ1v) is 8.33. The van der Waals surface area contributed by atoms with Gasteiger partial charge >= 0.3 is 0 Å². The fraction of sp³-hybridized carbons (Fsp3) is 0.400. The van der Waals surface area contributed by atoms with Gasteiger partial charge in [0.25, 0.3) is 0 Å². The zero-order chi connectivity index (χ0) is 16.6. The molecule has 0 aromatic heterocycles. The zero-order valence-corrected chi connectivity index (χ0v) is 13.9. The molecular weight excluding hydrogens is 300 g/mol. The fourth-order valence-electron chi connectivity index (χ4n) is 1.72. The second kappa shape index (κ2) is 8.41. The maximum Gasteiger partial charge on any atom is 0.242 e. The number of hydrogen-bond acceptors (Lipinski definition) is 3. The van der Waals surface area contributed by atoms with Crippen LogP contribution < -0.4 is 10.6 Å². The van der Waals surface area contributed by atoms with Gasteiger partial charge in [-0.1, -0.05) is 24.1 Å². The van der Waals surface area contributed by atoms with Crippen molar-refractivity contribution in [2.45, 2.75) is 18.4 Å². The Bertz CT molecular complexity index is 660. The van der Waals surface area contributed by atoms with E-state index < -0.39 is 10.0 Å². The van der Waals surface area contributed by atoms with Crippen LogP contribution in [0.5, 0.6) is 0 Å². The Morgan fingerprint density at radius 2 is 2.00 bits per heavy atom. The van der Waals surface area contributed by atoms with Crippen LogP contribution in [0, 0.1) is 12.3 Å². The van der Waals surface area contributed by atoms with Gasteiger partial charge in [-0.25, -0.2) is 17.7 Å². The molecular formula is C15H22N4O2S. The van der Waals surface area contributed by atoms with Gasteiger partial charge < -0.3 is 10.6 Å². The van der Waals surface area contributed by atoms with E-state index in [1.807, 2.05) is 6.92 Å². The van der Waals surface area contributed by atoms with Crippen LogP contribution in [0.15, 0.2) is 34.2 Å². The Balaban J connectivity index is 3.06. The van der Waals surface area contributed by atoms with Gasteiger partial charge in [-0.2, -0.15) is 0 Å². The average Bonchev–Trinajstić information content (AvgIpc) is 2.50. The molecule has 2 N–H and O–H groups in total. The number of guanidine groups is 1. The van der Waals surface area contributed by atoms with E-state index in [0.29, 0.717) is 24.6 Å². The topological polar surface area (TPSA) is 73.8 Å². The molecule has 1 rings (SSSR count). The molecule has 1 aromatic rings. The molecule has 0 unspecified atom stereocenters. The maximum atomic E-state index is 12.3. The summed E-state index contributed by atoms with van der Waals surface area (Å²) in [6.45, 7) is 3.22. The molecule has 0 amide bonds. The van der Waals surface area contributed by atoms with E-state index in [1.165, 1.54) is 18.4 Å². The van der Waals surface area contributed by atoms with Crippen LogP contribution in [-0.4, -0.2) is 45.9 Å². The Hall–Kier alpha value is -2.04. The van der Waals surface area contributed by atoms with Gasteiger partial charge in [0.2, 0.25) is 10.0 Å². The fourth-order valence-corrected chi connectivity index (χ4v) is 2.83. The lowest BCUT2D eigenvalue weighted by molar-refractivity contribution is 0.519. The summed E-state index contributed by atoms with van der Waals surface area (Å²) in [7, 11) is -0.478. The highest BCUT2D eigenvalue weighted by Gasteiger charge is 2.20. The van der Waals surface area contributed by atoms with Gasteiger partial charge in [0.15, 0.2) is 5.96 Å². The molecule has 0 aliphatic heterocycles. The van der Waals surface area contributed by atoms with E-state index in [0.717, 1.165) is 0 Å². The Morgan fingerprint density at radius 3 is 2.59 bits per heavy atom. The van der Waals surface area contributed by atoms with Gasteiger partial charge in [-0.3, -0.25) is 0 Å². The molecule has 0 atom stereocenters. The van der Waals surface area contributed by atoms with Crippen LogP contribution in [0.2, 0.25) is 0 Å². The minimum Gasteiger partial charge on any atom is -0.357 e. The van der Waals surface area contributed by atoms with Crippen molar-refractivity contribution in [3.63, 3.8) is 0 Å². The van der Waals surface area contributed by atoms with E-state index in [2.05, 4.69) is 21.5 Å². The monoisotopic (exact) mass is 322 g/mol. The quantitative estimate of drug-likeness (QED) is 0.458. The molecule has 0 saturated carbocycles. The summed E-state index contributed by atoms with van der Waals surface area (Å²) in [6, 6.07) is 6.83. The van der Waals surface area contributed by atoms with Gasteiger partial charge in [0.05, 0.1) is 18.0 Å². The van der Waals surface area contributed by atoms with Crippen molar-refractivity contribution in [3.05, 3.63) is 29.8 Å². The molecule has 0 aliphatic rings. The summed E-state index contributed by atoms with van der Waals surface area (Å²) >= 11 is 0. The molecule has 1 aromatic carbocycles. The minimum absolute atomic E-state index is 0.239. The summed E-state index contributed by atoms with van der Waals surface area (Å²) in [5.41, 5.74) is 0.633. The summed E-state index contributed by atoms with van der Waals surface area (Å²) in [6.07, 6.45) is 5.21. The number of terminal acetylenes is 1. The Morgan fingerprint density at radius 1 is 1.32 bits per heavy atom. The molecule has 7 heteroatoms. The second-order valence-corrected chi connectivity index (χ2v) is 6.77. The van der Waals surface area contributed by atoms with Crippen LogP contribution in [0.1, 0.15) is 12.5 Å². The third-order valence-corrected chi connectivity index (χ3v) is 4.76. The first-order chi connectivity index (χ1) is 10.4. The third-order valence-electron chi connectivity index (χ3n) is 2.84. The summed E-state index contributed by atoms with van der Waals surface area (Å²) in [5.74, 6) is 3.02. The summed E-state index contributed by atoms with van der Waals surface area (Å²) in [4.78, 5) is 4.63. The van der Waals surface area contributed by atoms with Crippen molar-refractivity contribution >= 4 is 16.0 Å². The highest BCUT2D eigenvalue weighted by molar-refractivity contribution is 7.89. The van der Waals surface area contributed by atoms with Gasteiger partial charge in [-0.15, -0.1) is 6.42 Å². The first-order valence-electron chi connectivity index (χ1n) is 6.89. The van der Waals surface area contributed by atoms with Crippen LogP contribution in [-0.2, 0) is 16.6 Å². The smallest absolute Gasteiger partial charge is 0.242 e. The SMILES string of the molecule is C#CCNC(=NCc1ccccc1S(=O)(=O)N(C)C)NCC. The van der Waals surface area contributed by atoms with Crippen LogP contribution in [0.3, 0.4) is 0 Å². The van der Waals surface area contributed by atoms with Crippen molar-refractivity contribution in [3.8, 4) is 12.3 Å². The molecule has 0 spiro atoms. The van der Waals surface area contributed by atoms with E-state index >= 15 is 0 Å². The van der Waals surface area contributed by atoms with Gasteiger partial charge in [-0.05, 0) is 18.6 Å². The van der Waals surface area contributed by atoms with E-state index in [4.69, 9.17) is 6.42 Å². The summed E-state index contributed by atoms with van der Waals surface area (Å²) in [5, 5.41) is 6.02. The molecule has 6 nitrogen and oxygen atoms in total. The maximum absolute atomic E-state index is 12.3. The number of nitrogens with one attached hydrogen (secondary N) is 2. The molecule has 120 valence electrons. The molecule has 0 bridgehead atoms. The highest BCUT2D eigenvalue weighted by atomic mass is 32.2. The van der Waals surface area contributed by atoms with E-state index in [1.54, 1.807) is 24.3 Å². The number of rotatable bonds is 6. The predicted molar refractivity (Wildman–Crippen MR) is 89.0 cm³/mol. The number of benzene rings is 1. The van der Waals surface area contributed by atoms with E-state index in [9.17, 15) is 8.42 Å². The molecule has 0 heterocycles. The number of sulfonamides is 1. The van der Waals surface area contributed by atoms with Crippen molar-refractivity contribution < 1.29 is 8.42 Å². The van der Waals surface area contributed by atoms with Crippen molar-refractivity contribution in [2.24, 2.45) is 4.99 Å². The lowest BCUT2D eigenvalue weighted by Crippen LogP contribution is -2.37. The lowest BCUT2D eigenvalue weighted by atomic mass is 10.2. The van der Waals surface area contributed by atoms with Gasteiger partial charge in [0.1, 0.15) is 0 Å². The number of hydrogen-bond donors (Lipinski definition) is 2. The van der Waals surface area contributed by atoms with Crippen LogP contribution in [0.25, 0.3) is 0 Å². The van der Waals surface area contributed by atoms with Crippen molar-refractivity contribution in [1.82, 2.24) is 14.9 Å². The molecule has 0 saturated heterocycles. The number of nitrogens with zero attached hydrogens (tertiary/aromatic N) is 2. The third kappa shape index (κ3) is 4.76. The zero-order valence-electron chi connectivity index (χ0n) is 13.1. The predicted octanol–water partition coefficient (Wildman–Crippen LogP) is 0.625. The molecule has 0 radical (unpaired) electrons. The highest BCUT2D eigenvalue weighted by Crippen LogP contribution is 2.19. The largest absolute Gasteiger partial charge is 0.357 e. The molecule has 0 fully saturated rings. The molecule has 22 heavy (non-hydrogen) atoms. The van der Waals surface area contributed by atoms with Crippen molar-refractivity contribution in [2.75, 3.05) is 27.2 Å². The van der Waals surface area contributed by atoms with Crippen LogP contribution >= 0.6 is 0 Å². The number of aliphatic imine (C=N–C) groups is 1. The van der Waals surface area contributed by atoms with Crippen LogP contribution in [0.4, 0.5) is 0 Å². The Kier molecular flexibility index (Phi) is 6.89. The van der Waals surface area contributed by atoms with E-state index in [-0.39, 0.29) is 11.4 Å².